The van der Waals surface area contributed by atoms with Gasteiger partial charge in [-0.25, -0.2) is 0 Å². The zero-order chi connectivity index (χ0) is 20.6. The molecule has 3 rings (SSSR count). The van der Waals surface area contributed by atoms with Crippen LogP contribution in [0.25, 0.3) is 0 Å². The number of Topliss-reactive ketones (excluding diaryl/α,β-unsaturated/α-hetero) is 1. The molecule has 0 aromatic heterocycles. The van der Waals surface area contributed by atoms with Gasteiger partial charge in [-0.3, -0.25) is 9.59 Å². The van der Waals surface area contributed by atoms with Gasteiger partial charge in [-0.05, 0) is 25.3 Å². The van der Waals surface area contributed by atoms with Crippen LogP contribution in [0, 0.1) is 0 Å². The fourth-order valence-corrected chi connectivity index (χ4v) is 4.21. The van der Waals surface area contributed by atoms with Gasteiger partial charge >= 0.3 is 0 Å². The molecule has 29 heavy (non-hydrogen) atoms. The monoisotopic (exact) mass is 400 g/mol. The summed E-state index contributed by atoms with van der Waals surface area (Å²) < 4.78 is 6.17. The van der Waals surface area contributed by atoms with Crippen LogP contribution in [0.15, 0.2) is 30.3 Å². The lowest BCUT2D eigenvalue weighted by molar-refractivity contribution is -0.140. The molecule has 1 saturated carbocycles. The molecule has 2 aliphatic rings. The molecule has 0 bridgehead atoms. The highest BCUT2D eigenvalue weighted by atomic mass is 16.5. The second-order valence-electron chi connectivity index (χ2n) is 8.23. The highest BCUT2D eigenvalue weighted by molar-refractivity contribution is 5.88. The molecular weight excluding hydrogens is 368 g/mol. The molecular formula is C23H32N2O4. The summed E-state index contributed by atoms with van der Waals surface area (Å²) in [5.41, 5.74) is 1.07. The zero-order valence-corrected chi connectivity index (χ0v) is 17.3. The van der Waals surface area contributed by atoms with Crippen LogP contribution < -0.4 is 0 Å². The summed E-state index contributed by atoms with van der Waals surface area (Å²) in [6, 6.07) is 10.2. The minimum Gasteiger partial charge on any atom is -0.370 e. The van der Waals surface area contributed by atoms with Crippen LogP contribution in [0.5, 0.6) is 0 Å². The van der Waals surface area contributed by atoms with Crippen LogP contribution in [-0.2, 0) is 25.7 Å². The molecule has 1 aliphatic carbocycles. The molecule has 1 aromatic carbocycles. The van der Waals surface area contributed by atoms with E-state index in [2.05, 4.69) is 0 Å². The Morgan fingerprint density at radius 2 is 1.76 bits per heavy atom. The van der Waals surface area contributed by atoms with E-state index in [0.717, 1.165) is 31.2 Å². The highest BCUT2D eigenvalue weighted by Crippen LogP contribution is 2.25. The van der Waals surface area contributed by atoms with Crippen LogP contribution in [0.4, 0.5) is 0 Å². The summed E-state index contributed by atoms with van der Waals surface area (Å²) in [6.45, 7) is 2.93. The summed E-state index contributed by atoms with van der Waals surface area (Å²) in [5, 5.41) is 0. The number of hydrogen-bond acceptors (Lipinski definition) is 4. The van der Waals surface area contributed by atoms with Crippen LogP contribution in [0.1, 0.15) is 57.4 Å². The molecule has 0 spiro atoms. The third kappa shape index (κ3) is 6.39. The second kappa shape index (κ2) is 10.5. The molecule has 0 N–H and O–H groups in total. The molecule has 6 nitrogen and oxygen atoms in total. The summed E-state index contributed by atoms with van der Waals surface area (Å²) in [5.74, 6) is -0.161. The summed E-state index contributed by atoms with van der Waals surface area (Å²) in [6.07, 6.45) is 5.69. The maximum absolute atomic E-state index is 13.0. The van der Waals surface area contributed by atoms with Crippen molar-refractivity contribution in [2.24, 2.45) is 0 Å². The van der Waals surface area contributed by atoms with Gasteiger partial charge < -0.3 is 19.3 Å². The minimum atomic E-state index is -0.232. The topological polar surface area (TPSA) is 66.9 Å². The van der Waals surface area contributed by atoms with Gasteiger partial charge in [0, 0.05) is 32.0 Å². The van der Waals surface area contributed by atoms with Gasteiger partial charge in [-0.1, -0.05) is 49.6 Å². The van der Waals surface area contributed by atoms with Crippen molar-refractivity contribution in [1.82, 2.24) is 9.80 Å². The standard InChI is InChI=1S/C23H32N2O4/c1-18(26)12-13-22(27)24-14-21(29-17-19-8-4-2-5-9-19)15-25(23(28)16-24)20-10-6-3-7-11-20/h2,4-5,8-9,20-21H,3,6-7,10-17H2,1H3. The van der Waals surface area contributed by atoms with Crippen LogP contribution in [0.2, 0.25) is 0 Å². The second-order valence-corrected chi connectivity index (χ2v) is 8.23. The van der Waals surface area contributed by atoms with Gasteiger partial charge in [-0.2, -0.15) is 0 Å². The Bertz CT molecular complexity index is 700. The lowest BCUT2D eigenvalue weighted by Gasteiger charge is -2.34. The third-order valence-electron chi connectivity index (χ3n) is 5.86. The van der Waals surface area contributed by atoms with E-state index in [-0.39, 0.29) is 49.1 Å². The number of ether oxygens (including phenoxy) is 1. The largest absolute Gasteiger partial charge is 0.370 e. The quantitative estimate of drug-likeness (QED) is 0.706. The first-order valence-corrected chi connectivity index (χ1v) is 10.7. The minimum absolute atomic E-state index is 0.00103. The van der Waals surface area contributed by atoms with E-state index in [1.165, 1.54) is 13.3 Å². The zero-order valence-electron chi connectivity index (χ0n) is 17.3. The van der Waals surface area contributed by atoms with Crippen LogP contribution in [0.3, 0.4) is 0 Å². The molecule has 0 radical (unpaired) electrons. The molecule has 1 saturated heterocycles. The number of carbonyl (C=O) groups excluding carboxylic acids is 3. The lowest BCUT2D eigenvalue weighted by Crippen LogP contribution is -2.46. The predicted octanol–water partition coefficient (Wildman–Crippen LogP) is 2.94. The van der Waals surface area contributed by atoms with Crippen molar-refractivity contribution in [3.63, 3.8) is 0 Å². The van der Waals surface area contributed by atoms with Crippen molar-refractivity contribution < 1.29 is 19.1 Å². The SMILES string of the molecule is CC(=O)CCC(=O)N1CC(=O)N(C2CCCCC2)CC(OCc2ccccc2)C1. The summed E-state index contributed by atoms with van der Waals surface area (Å²) >= 11 is 0. The van der Waals surface area contributed by atoms with Crippen molar-refractivity contribution in [2.75, 3.05) is 19.6 Å². The van der Waals surface area contributed by atoms with Gasteiger partial charge in [0.2, 0.25) is 11.8 Å². The van der Waals surface area contributed by atoms with Gasteiger partial charge in [-0.15, -0.1) is 0 Å². The average Bonchev–Trinajstić information content (AvgIpc) is 2.90. The number of amides is 2. The number of benzene rings is 1. The Morgan fingerprint density at radius 3 is 2.45 bits per heavy atom. The van der Waals surface area contributed by atoms with E-state index in [1.807, 2.05) is 35.2 Å². The maximum atomic E-state index is 13.0. The van der Waals surface area contributed by atoms with Gasteiger partial charge in [0.1, 0.15) is 5.78 Å². The smallest absolute Gasteiger partial charge is 0.242 e. The first-order chi connectivity index (χ1) is 14.0. The molecule has 6 heteroatoms. The van der Waals surface area contributed by atoms with Crippen LogP contribution in [-0.4, -0.2) is 59.2 Å². The van der Waals surface area contributed by atoms with E-state index in [4.69, 9.17) is 4.74 Å². The van der Waals surface area contributed by atoms with Crippen molar-refractivity contribution in [2.45, 2.75) is 70.6 Å². The summed E-state index contributed by atoms with van der Waals surface area (Å²) in [7, 11) is 0. The first-order valence-electron chi connectivity index (χ1n) is 10.7. The third-order valence-corrected chi connectivity index (χ3v) is 5.86. The fourth-order valence-electron chi connectivity index (χ4n) is 4.21. The van der Waals surface area contributed by atoms with Gasteiger partial charge in [0.05, 0.1) is 19.3 Å². The Kier molecular flexibility index (Phi) is 7.81. The van der Waals surface area contributed by atoms with E-state index in [0.29, 0.717) is 19.7 Å². The molecule has 1 aromatic rings. The average molecular weight is 401 g/mol. The highest BCUT2D eigenvalue weighted by Gasteiger charge is 2.34. The van der Waals surface area contributed by atoms with E-state index in [1.54, 1.807) is 4.90 Å². The molecule has 158 valence electrons. The first kappa shape index (κ1) is 21.5. The Balaban J connectivity index is 1.70. The van der Waals surface area contributed by atoms with Gasteiger partial charge in [0.15, 0.2) is 0 Å². The van der Waals surface area contributed by atoms with Crippen molar-refractivity contribution in [1.29, 1.82) is 0 Å². The molecule has 1 aliphatic heterocycles. The van der Waals surface area contributed by atoms with Crippen molar-refractivity contribution in [3.05, 3.63) is 35.9 Å². The van der Waals surface area contributed by atoms with Crippen molar-refractivity contribution in [3.8, 4) is 0 Å². The number of rotatable bonds is 7. The van der Waals surface area contributed by atoms with E-state index in [9.17, 15) is 14.4 Å². The maximum Gasteiger partial charge on any atom is 0.242 e. The number of carbonyl (C=O) groups is 3. The Hall–Kier alpha value is -2.21. The molecule has 1 unspecified atom stereocenters. The Morgan fingerprint density at radius 1 is 1.03 bits per heavy atom. The van der Waals surface area contributed by atoms with Crippen molar-refractivity contribution >= 4 is 17.6 Å². The fraction of sp³-hybridized carbons (Fsp3) is 0.609. The Labute approximate surface area is 173 Å². The van der Waals surface area contributed by atoms with E-state index >= 15 is 0 Å². The van der Waals surface area contributed by atoms with E-state index < -0.39 is 0 Å². The summed E-state index contributed by atoms with van der Waals surface area (Å²) in [4.78, 5) is 40.5. The molecule has 1 heterocycles. The number of nitrogens with zero attached hydrogens (tertiary/aromatic N) is 2. The molecule has 2 fully saturated rings. The predicted molar refractivity (Wildman–Crippen MR) is 110 cm³/mol. The normalized spacial score (nSPS) is 21.1. The van der Waals surface area contributed by atoms with Crippen LogP contribution >= 0.6 is 0 Å². The number of ketones is 1. The molecule has 2 amide bonds. The molecule has 1 atom stereocenters. The van der Waals surface area contributed by atoms with Gasteiger partial charge in [0.25, 0.3) is 0 Å². The lowest BCUT2D eigenvalue weighted by atomic mass is 9.94. The number of hydrogen-bond donors (Lipinski definition) is 0.